The summed E-state index contributed by atoms with van der Waals surface area (Å²) < 4.78 is 38.3. The molecule has 0 aliphatic heterocycles. The van der Waals surface area contributed by atoms with Gasteiger partial charge in [0.25, 0.3) is 9.05 Å². The Kier molecular flexibility index (Phi) is 3.75. The van der Waals surface area contributed by atoms with Crippen molar-refractivity contribution in [3.63, 3.8) is 0 Å². The zero-order valence-electron chi connectivity index (χ0n) is 10.8. The molecule has 0 atom stereocenters. The fourth-order valence-electron chi connectivity index (χ4n) is 1.87. The smallest absolute Gasteiger partial charge is 0.263 e. The lowest BCUT2D eigenvalue weighted by atomic mass is 10.2. The average Bonchev–Trinajstić information content (AvgIpc) is 2.69. The third-order valence-electron chi connectivity index (χ3n) is 2.89. The van der Waals surface area contributed by atoms with E-state index in [2.05, 4.69) is 0 Å². The minimum atomic E-state index is -4.10. The van der Waals surface area contributed by atoms with E-state index in [9.17, 15) is 17.6 Å². The first-order valence-corrected chi connectivity index (χ1v) is 7.95. The minimum Gasteiger partial charge on any atom is -0.347 e. The topological polar surface area (TPSA) is 59.4 Å². The van der Waals surface area contributed by atoms with Crippen LogP contribution in [-0.2, 0) is 20.4 Å². The van der Waals surface area contributed by atoms with Crippen molar-refractivity contribution in [1.82, 2.24) is 9.47 Å². The highest BCUT2D eigenvalue weighted by molar-refractivity contribution is 8.14. The molecule has 0 saturated carbocycles. The largest absolute Gasteiger partial charge is 0.347 e. The standard InChI is InChI=1S/C12H12ClFN2O3S/c1-15(2)11(17)7-16-6-10(20(13,18)19)12-8(14)4-3-5-9(12)16/h3-6H,7H2,1-2H3. The zero-order valence-corrected chi connectivity index (χ0v) is 12.4. The van der Waals surface area contributed by atoms with E-state index >= 15 is 0 Å². The summed E-state index contributed by atoms with van der Waals surface area (Å²) in [6.07, 6.45) is 1.18. The van der Waals surface area contributed by atoms with Crippen molar-refractivity contribution in [2.75, 3.05) is 14.1 Å². The molecule has 2 rings (SSSR count). The molecular weight excluding hydrogens is 307 g/mol. The second kappa shape index (κ2) is 5.06. The molecule has 20 heavy (non-hydrogen) atoms. The molecule has 0 N–H and O–H groups in total. The molecule has 1 amide bonds. The number of amides is 1. The van der Waals surface area contributed by atoms with Crippen LogP contribution in [0.25, 0.3) is 10.9 Å². The lowest BCUT2D eigenvalue weighted by Crippen LogP contribution is -2.25. The molecule has 8 heteroatoms. The number of aromatic nitrogens is 1. The normalized spacial score (nSPS) is 11.8. The SMILES string of the molecule is CN(C)C(=O)Cn1cc(S(=O)(=O)Cl)c2c(F)cccc21. The van der Waals surface area contributed by atoms with Crippen molar-refractivity contribution < 1.29 is 17.6 Å². The van der Waals surface area contributed by atoms with Gasteiger partial charge in [-0.3, -0.25) is 4.79 Å². The van der Waals surface area contributed by atoms with Crippen LogP contribution < -0.4 is 0 Å². The number of hydrogen-bond acceptors (Lipinski definition) is 3. The molecule has 1 heterocycles. The molecule has 2 aromatic rings. The van der Waals surface area contributed by atoms with Gasteiger partial charge in [0.15, 0.2) is 0 Å². The van der Waals surface area contributed by atoms with Gasteiger partial charge < -0.3 is 9.47 Å². The number of benzene rings is 1. The van der Waals surface area contributed by atoms with Crippen LogP contribution in [0.3, 0.4) is 0 Å². The van der Waals surface area contributed by atoms with Crippen molar-refractivity contribution in [2.45, 2.75) is 11.4 Å². The third-order valence-corrected chi connectivity index (χ3v) is 4.22. The van der Waals surface area contributed by atoms with E-state index < -0.39 is 14.9 Å². The van der Waals surface area contributed by atoms with E-state index in [1.165, 1.54) is 27.8 Å². The Hall–Kier alpha value is -1.60. The minimum absolute atomic E-state index is 0.0979. The Morgan fingerprint density at radius 2 is 2.05 bits per heavy atom. The van der Waals surface area contributed by atoms with Crippen LogP contribution >= 0.6 is 10.7 Å². The van der Waals surface area contributed by atoms with Gasteiger partial charge in [-0.15, -0.1) is 0 Å². The van der Waals surface area contributed by atoms with Crippen molar-refractivity contribution in [3.8, 4) is 0 Å². The van der Waals surface area contributed by atoms with Gasteiger partial charge >= 0.3 is 0 Å². The Morgan fingerprint density at radius 1 is 1.40 bits per heavy atom. The van der Waals surface area contributed by atoms with Crippen LogP contribution in [0.1, 0.15) is 0 Å². The van der Waals surface area contributed by atoms with Gasteiger partial charge in [-0.25, -0.2) is 12.8 Å². The average molecular weight is 319 g/mol. The van der Waals surface area contributed by atoms with Crippen molar-refractivity contribution in [3.05, 3.63) is 30.2 Å². The number of carbonyl (C=O) groups is 1. The molecule has 0 unspecified atom stereocenters. The van der Waals surface area contributed by atoms with Crippen LogP contribution in [-0.4, -0.2) is 37.9 Å². The third kappa shape index (κ3) is 2.64. The van der Waals surface area contributed by atoms with Crippen molar-refractivity contribution in [2.24, 2.45) is 0 Å². The maximum absolute atomic E-state index is 13.9. The number of fused-ring (bicyclic) bond motifs is 1. The van der Waals surface area contributed by atoms with Gasteiger partial charge in [-0.1, -0.05) is 6.07 Å². The summed E-state index contributed by atoms with van der Waals surface area (Å²) in [5.74, 6) is -0.942. The summed E-state index contributed by atoms with van der Waals surface area (Å²) in [7, 11) is 4.37. The summed E-state index contributed by atoms with van der Waals surface area (Å²) >= 11 is 0. The summed E-state index contributed by atoms with van der Waals surface area (Å²) in [4.78, 5) is 12.8. The molecule has 1 aromatic heterocycles. The molecular formula is C12H12ClFN2O3S. The van der Waals surface area contributed by atoms with E-state index in [-0.39, 0.29) is 22.7 Å². The van der Waals surface area contributed by atoms with Crippen LogP contribution in [0.4, 0.5) is 4.39 Å². The van der Waals surface area contributed by atoms with Crippen molar-refractivity contribution >= 4 is 36.5 Å². The van der Waals surface area contributed by atoms with Crippen molar-refractivity contribution in [1.29, 1.82) is 0 Å². The lowest BCUT2D eigenvalue weighted by molar-refractivity contribution is -0.129. The number of rotatable bonds is 3. The highest BCUT2D eigenvalue weighted by Crippen LogP contribution is 2.30. The molecule has 0 aliphatic carbocycles. The molecule has 0 saturated heterocycles. The first-order valence-electron chi connectivity index (χ1n) is 5.64. The van der Waals surface area contributed by atoms with Gasteiger partial charge in [-0.2, -0.15) is 0 Å². The molecule has 1 aromatic carbocycles. The second-order valence-electron chi connectivity index (χ2n) is 4.48. The Morgan fingerprint density at radius 3 is 2.60 bits per heavy atom. The maximum Gasteiger partial charge on any atom is 0.263 e. The Labute approximate surface area is 120 Å². The second-order valence-corrected chi connectivity index (χ2v) is 7.02. The maximum atomic E-state index is 13.9. The molecule has 0 radical (unpaired) electrons. The number of hydrogen-bond donors (Lipinski definition) is 0. The summed E-state index contributed by atoms with van der Waals surface area (Å²) in [6, 6.07) is 4.12. The van der Waals surface area contributed by atoms with E-state index in [1.54, 1.807) is 14.1 Å². The molecule has 108 valence electrons. The summed E-state index contributed by atoms with van der Waals surface area (Å²) in [5.41, 5.74) is 0.305. The fourth-order valence-corrected chi connectivity index (χ4v) is 2.92. The van der Waals surface area contributed by atoms with Gasteiger partial charge in [0.05, 0.1) is 10.9 Å². The van der Waals surface area contributed by atoms with Gasteiger partial charge in [0, 0.05) is 31.0 Å². The summed E-state index contributed by atoms with van der Waals surface area (Å²) in [6.45, 7) is -0.0979. The quantitative estimate of drug-likeness (QED) is 0.811. The van der Waals surface area contributed by atoms with E-state index in [4.69, 9.17) is 10.7 Å². The van der Waals surface area contributed by atoms with Crippen LogP contribution in [0.5, 0.6) is 0 Å². The highest BCUT2D eigenvalue weighted by atomic mass is 35.7. The number of likely N-dealkylation sites (N-methyl/N-ethyl adjacent to an activating group) is 1. The zero-order chi connectivity index (χ0) is 15.1. The van der Waals surface area contributed by atoms with Crippen LogP contribution in [0.2, 0.25) is 0 Å². The molecule has 5 nitrogen and oxygen atoms in total. The van der Waals surface area contributed by atoms with E-state index in [0.717, 1.165) is 6.07 Å². The predicted molar refractivity (Wildman–Crippen MR) is 73.6 cm³/mol. The van der Waals surface area contributed by atoms with Gasteiger partial charge in [0.2, 0.25) is 5.91 Å². The first kappa shape index (κ1) is 14.8. The van der Waals surface area contributed by atoms with Crippen LogP contribution in [0, 0.1) is 5.82 Å². The number of nitrogens with zero attached hydrogens (tertiary/aromatic N) is 2. The fraction of sp³-hybridized carbons (Fsp3) is 0.250. The molecule has 0 aliphatic rings. The predicted octanol–water partition coefficient (Wildman–Crippen LogP) is 1.80. The molecule has 0 bridgehead atoms. The lowest BCUT2D eigenvalue weighted by Gasteiger charge is -2.11. The number of carbonyl (C=O) groups excluding carboxylic acids is 1. The monoisotopic (exact) mass is 318 g/mol. The van der Waals surface area contributed by atoms with Gasteiger partial charge in [-0.05, 0) is 12.1 Å². The van der Waals surface area contributed by atoms with Gasteiger partial charge in [0.1, 0.15) is 17.3 Å². The number of halogens is 2. The molecule has 0 fully saturated rings. The Bertz CT molecular complexity index is 783. The highest BCUT2D eigenvalue weighted by Gasteiger charge is 2.22. The van der Waals surface area contributed by atoms with E-state index in [0.29, 0.717) is 5.52 Å². The van der Waals surface area contributed by atoms with Crippen LogP contribution in [0.15, 0.2) is 29.3 Å². The summed E-state index contributed by atoms with van der Waals surface area (Å²) in [5, 5.41) is -0.103. The first-order chi connectivity index (χ1) is 9.21. The molecule has 0 spiro atoms. The van der Waals surface area contributed by atoms with E-state index in [1.807, 2.05) is 0 Å². The Balaban J connectivity index is 2.69.